The van der Waals surface area contributed by atoms with Crippen molar-refractivity contribution in [1.29, 1.82) is 0 Å². The average molecular weight is 554 g/mol. The van der Waals surface area contributed by atoms with E-state index in [1.165, 1.54) is 0 Å². The van der Waals surface area contributed by atoms with Gasteiger partial charge >= 0.3 is 0 Å². The third-order valence-electron chi connectivity index (χ3n) is 8.69. The fourth-order valence-electron chi connectivity index (χ4n) is 7.09. The normalized spacial score (nSPS) is 18.8. The van der Waals surface area contributed by atoms with Crippen LogP contribution >= 0.6 is 0 Å². The molecule has 7 heteroatoms. The summed E-state index contributed by atoms with van der Waals surface area (Å²) in [7, 11) is -3.64. The number of oxazole rings is 1. The van der Waals surface area contributed by atoms with Crippen molar-refractivity contribution in [2.24, 2.45) is 0 Å². The molecule has 1 fully saturated rings. The van der Waals surface area contributed by atoms with Crippen molar-refractivity contribution in [3.63, 3.8) is 0 Å². The highest BCUT2D eigenvalue weighted by atomic mass is 28.3. The smallest absolute Gasteiger partial charge is 0.195 e. The first kappa shape index (κ1) is 29.3. The van der Waals surface area contributed by atoms with Gasteiger partial charge in [-0.15, -0.1) is 11.5 Å². The van der Waals surface area contributed by atoms with E-state index < -0.39 is 28.0 Å². The van der Waals surface area contributed by atoms with Crippen molar-refractivity contribution in [3.05, 3.63) is 46.3 Å². The summed E-state index contributed by atoms with van der Waals surface area (Å²) in [5.41, 5.74) is 9.88. The number of aliphatic hydroxyl groups excluding tert-OH is 1. The summed E-state index contributed by atoms with van der Waals surface area (Å²) in [5.74, 6) is 3.32. The highest BCUT2D eigenvalue weighted by Gasteiger charge is 2.50. The molecule has 1 aromatic carbocycles. The van der Waals surface area contributed by atoms with Gasteiger partial charge in [-0.25, -0.2) is 4.98 Å². The quantitative estimate of drug-likeness (QED) is 0.303. The Morgan fingerprint density at radius 2 is 1.55 bits per heavy atom. The number of nitrogens with zero attached hydrogens (tertiary/aromatic N) is 1. The molecular formula is C31H47NO4Si2. The van der Waals surface area contributed by atoms with Crippen LogP contribution in [0.1, 0.15) is 94.9 Å². The van der Waals surface area contributed by atoms with Crippen LogP contribution in [0.2, 0.25) is 36.3 Å². The van der Waals surface area contributed by atoms with Crippen molar-refractivity contribution < 1.29 is 19.0 Å². The molecule has 2 aliphatic rings. The van der Waals surface area contributed by atoms with E-state index in [0.717, 1.165) is 40.6 Å². The van der Waals surface area contributed by atoms with Gasteiger partial charge in [-0.1, -0.05) is 73.3 Å². The molecule has 0 bridgehead atoms. The van der Waals surface area contributed by atoms with Crippen LogP contribution in [-0.2, 0) is 21.7 Å². The van der Waals surface area contributed by atoms with Gasteiger partial charge in [0.1, 0.15) is 14.2 Å². The van der Waals surface area contributed by atoms with Gasteiger partial charge < -0.3 is 19.0 Å². The van der Waals surface area contributed by atoms with Gasteiger partial charge in [-0.05, 0) is 46.7 Å². The molecule has 2 aromatic rings. The standard InChI is InChI=1S/C31H47NO4Si2/c1-20(2)38(21(3)4,22(5)6)30-32-19-27(36-30)29(33)28-24(23(7)14-18-37(8,9)10)11-12-26-25(28)13-15-31(26)34-16-17-35-31/h11-12,19-23,29,33H,13,15-17H2,1-10H3. The zero-order valence-corrected chi connectivity index (χ0v) is 27.1. The highest BCUT2D eigenvalue weighted by molar-refractivity contribution is 6.93. The maximum atomic E-state index is 12.0. The molecule has 0 saturated carbocycles. The molecule has 1 saturated heterocycles. The summed E-state index contributed by atoms with van der Waals surface area (Å²) in [6, 6.07) is 4.25. The second-order valence-corrected chi connectivity index (χ2v) is 23.7. The van der Waals surface area contributed by atoms with Crippen molar-refractivity contribution in [2.45, 2.75) is 115 Å². The number of ether oxygens (including phenoxy) is 2. The molecule has 1 aromatic heterocycles. The Kier molecular flexibility index (Phi) is 8.25. The highest BCUT2D eigenvalue weighted by Crippen LogP contribution is 2.48. The molecule has 1 N–H and O–H groups in total. The van der Waals surface area contributed by atoms with Gasteiger partial charge in [0.15, 0.2) is 25.1 Å². The molecule has 5 nitrogen and oxygen atoms in total. The third-order valence-corrected chi connectivity index (χ3v) is 16.3. The summed E-state index contributed by atoms with van der Waals surface area (Å²) in [6.07, 6.45) is 2.38. The number of rotatable bonds is 7. The van der Waals surface area contributed by atoms with Crippen molar-refractivity contribution in [2.75, 3.05) is 13.2 Å². The van der Waals surface area contributed by atoms with E-state index in [1.54, 1.807) is 6.20 Å². The van der Waals surface area contributed by atoms with E-state index in [2.05, 4.69) is 91.7 Å². The Labute approximate surface area is 231 Å². The zero-order chi connectivity index (χ0) is 28.0. The van der Waals surface area contributed by atoms with Gasteiger partial charge in [-0.2, -0.15) is 0 Å². The van der Waals surface area contributed by atoms with Gasteiger partial charge in [0.2, 0.25) is 0 Å². The van der Waals surface area contributed by atoms with Crippen LogP contribution in [-0.4, -0.2) is 39.5 Å². The largest absolute Gasteiger partial charge is 0.448 e. The van der Waals surface area contributed by atoms with Gasteiger partial charge in [-0.3, -0.25) is 0 Å². The number of benzene rings is 1. The number of aromatic nitrogens is 1. The number of fused-ring (bicyclic) bond motifs is 2. The van der Waals surface area contributed by atoms with Crippen LogP contribution in [0, 0.1) is 11.5 Å². The molecule has 4 rings (SSSR count). The summed E-state index contributed by atoms with van der Waals surface area (Å²) in [4.78, 5) is 4.87. The second kappa shape index (κ2) is 10.7. The fraction of sp³-hybridized carbons (Fsp3) is 0.645. The molecule has 38 heavy (non-hydrogen) atoms. The summed E-state index contributed by atoms with van der Waals surface area (Å²) in [6.45, 7) is 23.9. The zero-order valence-electron chi connectivity index (χ0n) is 25.1. The van der Waals surface area contributed by atoms with Crippen LogP contribution in [0.4, 0.5) is 0 Å². The molecule has 1 spiro atoms. The molecule has 2 atom stereocenters. The van der Waals surface area contributed by atoms with Crippen LogP contribution < -0.4 is 5.51 Å². The lowest BCUT2D eigenvalue weighted by atomic mass is 9.86. The molecule has 1 aliphatic heterocycles. The van der Waals surface area contributed by atoms with Gasteiger partial charge in [0.05, 0.1) is 19.4 Å². The van der Waals surface area contributed by atoms with Crippen LogP contribution in [0.5, 0.6) is 0 Å². The molecule has 208 valence electrons. The Morgan fingerprint density at radius 3 is 2.11 bits per heavy atom. The number of hydrogen-bond donors (Lipinski definition) is 1. The lowest BCUT2D eigenvalue weighted by Crippen LogP contribution is -2.56. The predicted octanol–water partition coefficient (Wildman–Crippen LogP) is 6.77. The van der Waals surface area contributed by atoms with E-state index in [9.17, 15) is 5.11 Å². The van der Waals surface area contributed by atoms with E-state index in [-0.39, 0.29) is 5.92 Å². The number of hydrogen-bond acceptors (Lipinski definition) is 5. The molecule has 0 amide bonds. The Balaban J connectivity index is 1.85. The SMILES string of the molecule is CC(C#C[Si](C)(C)C)c1ccc2c(c1C(O)c1cnc([Si](C(C)C)(C(C)C)C(C)C)o1)CCC21OCCO1. The summed E-state index contributed by atoms with van der Waals surface area (Å²) in [5, 5.41) is 12.0. The molecular weight excluding hydrogens is 507 g/mol. The molecule has 0 radical (unpaired) electrons. The van der Waals surface area contributed by atoms with Crippen LogP contribution in [0.25, 0.3) is 0 Å². The second-order valence-electron chi connectivity index (χ2n) is 13.2. The fourth-order valence-corrected chi connectivity index (χ4v) is 13.8. The van der Waals surface area contributed by atoms with Crippen molar-refractivity contribution in [3.8, 4) is 11.5 Å². The van der Waals surface area contributed by atoms with E-state index in [1.807, 2.05) is 0 Å². The van der Waals surface area contributed by atoms with E-state index in [4.69, 9.17) is 18.9 Å². The molecule has 1 aliphatic carbocycles. The minimum atomic E-state index is -2.09. The maximum absolute atomic E-state index is 12.0. The average Bonchev–Trinajstić information content (AvgIpc) is 3.57. The summed E-state index contributed by atoms with van der Waals surface area (Å²) < 4.78 is 18.8. The first-order chi connectivity index (χ1) is 17.7. The Hall–Kier alpha value is -1.70. The van der Waals surface area contributed by atoms with E-state index >= 15 is 0 Å². The minimum absolute atomic E-state index is 0.0171. The monoisotopic (exact) mass is 553 g/mol. The topological polar surface area (TPSA) is 64.7 Å². The van der Waals surface area contributed by atoms with Crippen LogP contribution in [0.3, 0.4) is 0 Å². The Bertz CT molecular complexity index is 1190. The summed E-state index contributed by atoms with van der Waals surface area (Å²) >= 11 is 0. The Morgan fingerprint density at radius 1 is 0.947 bits per heavy atom. The van der Waals surface area contributed by atoms with Crippen LogP contribution in [0.15, 0.2) is 22.7 Å². The minimum Gasteiger partial charge on any atom is -0.448 e. The maximum Gasteiger partial charge on any atom is 0.195 e. The van der Waals surface area contributed by atoms with Gasteiger partial charge in [0.25, 0.3) is 0 Å². The number of aliphatic hydroxyl groups is 1. The first-order valence-electron chi connectivity index (χ1n) is 14.4. The van der Waals surface area contributed by atoms with Crippen molar-refractivity contribution in [1.82, 2.24) is 4.98 Å². The molecule has 2 heterocycles. The lowest BCUT2D eigenvalue weighted by molar-refractivity contribution is -0.163. The molecule has 2 unspecified atom stereocenters. The third kappa shape index (κ3) is 4.99. The van der Waals surface area contributed by atoms with E-state index in [0.29, 0.717) is 35.6 Å². The lowest BCUT2D eigenvalue weighted by Gasteiger charge is -2.39. The van der Waals surface area contributed by atoms with Crippen molar-refractivity contribution >= 4 is 21.7 Å². The van der Waals surface area contributed by atoms with Gasteiger partial charge in [0, 0.05) is 17.9 Å². The predicted molar refractivity (Wildman–Crippen MR) is 159 cm³/mol. The first-order valence-corrected chi connectivity index (χ1v) is 20.1.